The van der Waals surface area contributed by atoms with Gasteiger partial charge in [-0.25, -0.2) is 0 Å². The standard InChI is InChI=1S/C17H20N4O/c22-17(15-9-14(20-21-15)12-5-6-12)19-10-16-13-4-2-1-3-11(13)7-8-18-16/h1-4,9,12,16,18H,5-8,10H2,(H,19,22)(H,20,21). The lowest BCUT2D eigenvalue weighted by Gasteiger charge is -2.27. The monoisotopic (exact) mass is 296 g/mol. The molecule has 5 heteroatoms. The van der Waals surface area contributed by atoms with Crippen LogP contribution in [0.25, 0.3) is 0 Å². The number of nitrogens with zero attached hydrogens (tertiary/aromatic N) is 1. The van der Waals surface area contributed by atoms with Crippen molar-refractivity contribution in [1.82, 2.24) is 20.8 Å². The van der Waals surface area contributed by atoms with Crippen LogP contribution in [0.2, 0.25) is 0 Å². The number of carbonyl (C=O) groups is 1. The van der Waals surface area contributed by atoms with E-state index in [1.165, 1.54) is 24.0 Å². The molecule has 0 saturated heterocycles. The Hall–Kier alpha value is -2.14. The Morgan fingerprint density at radius 3 is 3.05 bits per heavy atom. The van der Waals surface area contributed by atoms with Gasteiger partial charge in [0, 0.05) is 24.2 Å². The first-order valence-corrected chi connectivity index (χ1v) is 7.96. The number of rotatable bonds is 4. The third-order valence-electron chi connectivity index (χ3n) is 4.53. The van der Waals surface area contributed by atoms with Gasteiger partial charge in [-0.1, -0.05) is 24.3 Å². The highest BCUT2D eigenvalue weighted by molar-refractivity contribution is 5.92. The molecule has 3 N–H and O–H groups in total. The lowest BCUT2D eigenvalue weighted by molar-refractivity contribution is 0.0944. The van der Waals surface area contributed by atoms with Crippen LogP contribution in [-0.4, -0.2) is 29.2 Å². The molecule has 1 aromatic carbocycles. The first-order valence-electron chi connectivity index (χ1n) is 7.96. The third kappa shape index (κ3) is 2.64. The summed E-state index contributed by atoms with van der Waals surface area (Å²) in [5, 5.41) is 13.6. The van der Waals surface area contributed by atoms with Crippen molar-refractivity contribution in [2.24, 2.45) is 0 Å². The van der Waals surface area contributed by atoms with Gasteiger partial charge in [-0.05, 0) is 43.0 Å². The second kappa shape index (κ2) is 5.57. The zero-order valence-corrected chi connectivity index (χ0v) is 12.4. The summed E-state index contributed by atoms with van der Waals surface area (Å²) in [7, 11) is 0. The summed E-state index contributed by atoms with van der Waals surface area (Å²) in [5.74, 6) is 0.481. The topological polar surface area (TPSA) is 69.8 Å². The lowest BCUT2D eigenvalue weighted by atomic mass is 9.94. The largest absolute Gasteiger partial charge is 0.349 e. The highest BCUT2D eigenvalue weighted by Gasteiger charge is 2.27. The summed E-state index contributed by atoms with van der Waals surface area (Å²) in [5.41, 5.74) is 4.24. The van der Waals surface area contributed by atoms with Gasteiger partial charge in [-0.3, -0.25) is 9.89 Å². The summed E-state index contributed by atoms with van der Waals surface area (Å²) in [6.45, 7) is 1.53. The number of aromatic nitrogens is 2. The molecule has 2 aromatic rings. The molecular weight excluding hydrogens is 276 g/mol. The average Bonchev–Trinajstić information content (AvgIpc) is 3.29. The Balaban J connectivity index is 1.41. The molecule has 1 aliphatic heterocycles. The molecule has 2 aliphatic rings. The lowest BCUT2D eigenvalue weighted by Crippen LogP contribution is -2.38. The number of aromatic amines is 1. The fourth-order valence-electron chi connectivity index (χ4n) is 3.12. The highest BCUT2D eigenvalue weighted by Crippen LogP contribution is 2.38. The van der Waals surface area contributed by atoms with Crippen molar-refractivity contribution in [2.45, 2.75) is 31.2 Å². The molecule has 0 bridgehead atoms. The maximum atomic E-state index is 12.2. The number of hydrogen-bond acceptors (Lipinski definition) is 3. The van der Waals surface area contributed by atoms with Gasteiger partial charge < -0.3 is 10.6 Å². The van der Waals surface area contributed by atoms with E-state index in [0.29, 0.717) is 18.2 Å². The Bertz CT molecular complexity index is 689. The summed E-state index contributed by atoms with van der Waals surface area (Å²) in [6, 6.07) is 10.5. The van der Waals surface area contributed by atoms with E-state index in [9.17, 15) is 4.79 Å². The minimum absolute atomic E-state index is 0.104. The van der Waals surface area contributed by atoms with Gasteiger partial charge >= 0.3 is 0 Å². The second-order valence-electron chi connectivity index (χ2n) is 6.15. The SMILES string of the molecule is O=C(NCC1NCCc2ccccc21)c1cc(C2CC2)[nH]n1. The fourth-order valence-corrected chi connectivity index (χ4v) is 3.12. The van der Waals surface area contributed by atoms with Gasteiger partial charge in [0.2, 0.25) is 0 Å². The van der Waals surface area contributed by atoms with Crippen molar-refractivity contribution in [3.05, 3.63) is 52.8 Å². The van der Waals surface area contributed by atoms with Gasteiger partial charge in [-0.15, -0.1) is 0 Å². The fraction of sp³-hybridized carbons (Fsp3) is 0.412. The Morgan fingerprint density at radius 2 is 2.18 bits per heavy atom. The van der Waals surface area contributed by atoms with Crippen molar-refractivity contribution in [2.75, 3.05) is 13.1 Å². The number of carbonyl (C=O) groups excluding carboxylic acids is 1. The van der Waals surface area contributed by atoms with Crippen LogP contribution >= 0.6 is 0 Å². The first-order chi connectivity index (χ1) is 10.8. The van der Waals surface area contributed by atoms with Crippen molar-refractivity contribution in [3.63, 3.8) is 0 Å². The Kier molecular flexibility index (Phi) is 3.42. The highest BCUT2D eigenvalue weighted by atomic mass is 16.1. The first kappa shape index (κ1) is 13.5. The maximum absolute atomic E-state index is 12.2. The molecule has 114 valence electrons. The molecule has 0 spiro atoms. The molecule has 1 fully saturated rings. The average molecular weight is 296 g/mol. The van der Waals surface area contributed by atoms with Crippen LogP contribution in [-0.2, 0) is 6.42 Å². The van der Waals surface area contributed by atoms with Gasteiger partial charge in [0.1, 0.15) is 5.69 Å². The zero-order chi connectivity index (χ0) is 14.9. The smallest absolute Gasteiger partial charge is 0.271 e. The summed E-state index contributed by atoms with van der Waals surface area (Å²) >= 11 is 0. The van der Waals surface area contributed by atoms with Crippen LogP contribution in [0.1, 0.15) is 52.1 Å². The molecule has 2 heterocycles. The molecule has 1 saturated carbocycles. The molecule has 1 atom stereocenters. The van der Waals surface area contributed by atoms with E-state index in [1.807, 2.05) is 6.07 Å². The van der Waals surface area contributed by atoms with Crippen LogP contribution in [0.3, 0.4) is 0 Å². The molecule has 1 aromatic heterocycles. The van der Waals surface area contributed by atoms with Crippen LogP contribution in [0.4, 0.5) is 0 Å². The van der Waals surface area contributed by atoms with Crippen LogP contribution in [0.5, 0.6) is 0 Å². The van der Waals surface area contributed by atoms with Crippen LogP contribution in [0.15, 0.2) is 30.3 Å². The predicted octanol–water partition coefficient (Wildman–Crippen LogP) is 1.90. The van der Waals surface area contributed by atoms with E-state index in [-0.39, 0.29) is 11.9 Å². The van der Waals surface area contributed by atoms with E-state index in [1.54, 1.807) is 0 Å². The minimum Gasteiger partial charge on any atom is -0.349 e. The number of H-pyrrole nitrogens is 1. The minimum atomic E-state index is -0.104. The van der Waals surface area contributed by atoms with Crippen molar-refractivity contribution in [3.8, 4) is 0 Å². The Morgan fingerprint density at radius 1 is 1.32 bits per heavy atom. The summed E-state index contributed by atoms with van der Waals surface area (Å²) in [4.78, 5) is 12.2. The predicted molar refractivity (Wildman–Crippen MR) is 83.8 cm³/mol. The molecule has 5 nitrogen and oxygen atoms in total. The van der Waals surface area contributed by atoms with Gasteiger partial charge in [0.15, 0.2) is 0 Å². The van der Waals surface area contributed by atoms with E-state index < -0.39 is 0 Å². The van der Waals surface area contributed by atoms with Crippen molar-refractivity contribution >= 4 is 5.91 Å². The molecule has 1 unspecified atom stereocenters. The third-order valence-corrected chi connectivity index (χ3v) is 4.53. The second-order valence-corrected chi connectivity index (χ2v) is 6.15. The Labute approximate surface area is 129 Å². The van der Waals surface area contributed by atoms with Crippen LogP contribution in [0, 0.1) is 0 Å². The molecule has 4 rings (SSSR count). The molecule has 22 heavy (non-hydrogen) atoms. The maximum Gasteiger partial charge on any atom is 0.271 e. The van der Waals surface area contributed by atoms with Gasteiger partial charge in [0.05, 0.1) is 0 Å². The van der Waals surface area contributed by atoms with Crippen LogP contribution < -0.4 is 10.6 Å². The summed E-state index contributed by atoms with van der Waals surface area (Å²) in [6.07, 6.45) is 3.45. The number of benzene rings is 1. The quantitative estimate of drug-likeness (QED) is 0.807. The van der Waals surface area contributed by atoms with Crippen molar-refractivity contribution < 1.29 is 4.79 Å². The van der Waals surface area contributed by atoms with E-state index in [4.69, 9.17) is 0 Å². The van der Waals surface area contributed by atoms with Gasteiger partial charge in [-0.2, -0.15) is 5.10 Å². The van der Waals surface area contributed by atoms with Crippen molar-refractivity contribution in [1.29, 1.82) is 0 Å². The molecule has 1 amide bonds. The number of nitrogens with one attached hydrogen (secondary N) is 3. The molecule has 1 aliphatic carbocycles. The normalized spacial score (nSPS) is 20.5. The van der Waals surface area contributed by atoms with Gasteiger partial charge in [0.25, 0.3) is 5.91 Å². The molecular formula is C17H20N4O. The van der Waals surface area contributed by atoms with E-state index in [0.717, 1.165) is 18.7 Å². The summed E-state index contributed by atoms with van der Waals surface area (Å²) < 4.78 is 0. The molecule has 0 radical (unpaired) electrons. The number of amides is 1. The zero-order valence-electron chi connectivity index (χ0n) is 12.4. The van der Waals surface area contributed by atoms with E-state index >= 15 is 0 Å². The van der Waals surface area contributed by atoms with E-state index in [2.05, 4.69) is 45.1 Å². The number of hydrogen-bond donors (Lipinski definition) is 3. The number of fused-ring (bicyclic) bond motifs is 1.